The van der Waals surface area contributed by atoms with Gasteiger partial charge in [-0.05, 0) is 37.0 Å². The molecule has 3 aliphatic rings. The predicted octanol–water partition coefficient (Wildman–Crippen LogP) is 2.75. The molecule has 0 spiro atoms. The third-order valence-corrected chi connectivity index (χ3v) is 8.20. The summed E-state index contributed by atoms with van der Waals surface area (Å²) in [6.45, 7) is 12.0. The summed E-state index contributed by atoms with van der Waals surface area (Å²) in [6.07, 6.45) is -3.00. The molecule has 7 atom stereocenters. The largest absolute Gasteiger partial charge is 0.462 e. The monoisotopic (exact) mass is 534 g/mol. The molecule has 0 aromatic heterocycles. The van der Waals surface area contributed by atoms with Gasteiger partial charge >= 0.3 is 23.9 Å². The smallest absolute Gasteiger partial charge is 0.303 e. The van der Waals surface area contributed by atoms with Crippen molar-refractivity contribution in [1.29, 1.82) is 0 Å². The van der Waals surface area contributed by atoms with Crippen LogP contribution < -0.4 is 0 Å². The van der Waals surface area contributed by atoms with Gasteiger partial charge in [0.15, 0.2) is 5.78 Å². The molecule has 0 aromatic carbocycles. The predicted molar refractivity (Wildman–Crippen MR) is 133 cm³/mol. The SMILES string of the molecule is CC(=O)OC1CC(OC(C)=O)C2(C)CC1=CC(OC(C)=O)C1CC(OC(C)=O)C(C)=C(C(=O)C2O)C1(C)C. The first kappa shape index (κ1) is 29.5. The maximum absolute atomic E-state index is 14.2. The first-order valence-electron chi connectivity index (χ1n) is 12.8. The minimum Gasteiger partial charge on any atom is -0.462 e. The molecule has 10 heteroatoms. The van der Waals surface area contributed by atoms with Crippen LogP contribution in [0, 0.1) is 16.7 Å². The second kappa shape index (κ2) is 10.6. The van der Waals surface area contributed by atoms with E-state index in [1.165, 1.54) is 27.7 Å². The number of hydrogen-bond acceptors (Lipinski definition) is 10. The Bertz CT molecular complexity index is 1100. The maximum atomic E-state index is 14.2. The molecule has 10 nitrogen and oxygen atoms in total. The van der Waals surface area contributed by atoms with Crippen molar-refractivity contribution in [2.45, 2.75) is 105 Å². The van der Waals surface area contributed by atoms with Crippen LogP contribution in [0.1, 0.15) is 74.7 Å². The highest BCUT2D eigenvalue weighted by atomic mass is 16.6. The van der Waals surface area contributed by atoms with Gasteiger partial charge in [0, 0.05) is 56.4 Å². The molecule has 4 bridgehead atoms. The fourth-order valence-electron chi connectivity index (χ4n) is 6.45. The normalized spacial score (nSPS) is 34.4. The van der Waals surface area contributed by atoms with Crippen molar-refractivity contribution in [3.63, 3.8) is 0 Å². The van der Waals surface area contributed by atoms with E-state index >= 15 is 0 Å². The average Bonchev–Trinajstić information content (AvgIpc) is 2.75. The van der Waals surface area contributed by atoms with Crippen LogP contribution in [0.25, 0.3) is 0 Å². The first-order chi connectivity index (χ1) is 17.5. The number of aliphatic hydroxyl groups is 1. The van der Waals surface area contributed by atoms with Crippen molar-refractivity contribution in [2.75, 3.05) is 0 Å². The molecule has 0 heterocycles. The van der Waals surface area contributed by atoms with Gasteiger partial charge in [-0.1, -0.05) is 20.8 Å². The second-order valence-electron chi connectivity index (χ2n) is 11.4. The maximum Gasteiger partial charge on any atom is 0.303 e. The minimum atomic E-state index is -1.60. The van der Waals surface area contributed by atoms with Gasteiger partial charge in [0.05, 0.1) is 0 Å². The fourth-order valence-corrected chi connectivity index (χ4v) is 6.45. The molecule has 0 radical (unpaired) electrons. The van der Waals surface area contributed by atoms with Crippen LogP contribution in [0.4, 0.5) is 0 Å². The fraction of sp³-hybridized carbons (Fsp3) is 0.679. The lowest BCUT2D eigenvalue weighted by molar-refractivity contribution is -0.174. The Kier molecular flexibility index (Phi) is 8.27. The number of hydrogen-bond donors (Lipinski definition) is 1. The highest BCUT2D eigenvalue weighted by Gasteiger charge is 2.57. The first-order valence-corrected chi connectivity index (χ1v) is 12.8. The highest BCUT2D eigenvalue weighted by Crippen LogP contribution is 2.53. The Balaban J connectivity index is 2.33. The van der Waals surface area contributed by atoms with Gasteiger partial charge in [-0.2, -0.15) is 0 Å². The van der Waals surface area contributed by atoms with Gasteiger partial charge in [0.25, 0.3) is 0 Å². The zero-order chi connectivity index (χ0) is 28.7. The molecule has 3 rings (SSSR count). The lowest BCUT2D eigenvalue weighted by Crippen LogP contribution is -2.57. The number of aliphatic hydroxyl groups excluding tert-OH is 1. The number of esters is 4. The van der Waals surface area contributed by atoms with Gasteiger partial charge in [-0.3, -0.25) is 24.0 Å². The average molecular weight is 535 g/mol. The molecule has 3 aliphatic carbocycles. The Morgan fingerprint density at radius 3 is 1.89 bits per heavy atom. The molecule has 1 saturated carbocycles. The van der Waals surface area contributed by atoms with Gasteiger partial charge in [0.2, 0.25) is 0 Å². The quantitative estimate of drug-likeness (QED) is 0.325. The molecule has 0 amide bonds. The topological polar surface area (TPSA) is 142 Å². The summed E-state index contributed by atoms with van der Waals surface area (Å²) in [6, 6.07) is 0. The van der Waals surface area contributed by atoms with Gasteiger partial charge in [0.1, 0.15) is 30.5 Å². The Morgan fingerprint density at radius 1 is 0.842 bits per heavy atom. The van der Waals surface area contributed by atoms with Crippen LogP contribution in [0.5, 0.6) is 0 Å². The Labute approximate surface area is 222 Å². The Morgan fingerprint density at radius 2 is 1.37 bits per heavy atom. The van der Waals surface area contributed by atoms with Crippen molar-refractivity contribution >= 4 is 29.7 Å². The molecule has 0 aromatic rings. The Hall–Kier alpha value is -3.01. The summed E-state index contributed by atoms with van der Waals surface area (Å²) in [5, 5.41) is 11.7. The standard InChI is InChI=1S/C28H38O10/c1-13-20(35-14(2)29)10-19-22(37-16(4)31)9-18-12-28(8,26(34)25(33)24(13)27(19,6)7)23(38-17(5)32)11-21(18)36-15(3)30/h9,19-23,26,34H,10-12H2,1-8H3. The van der Waals surface area contributed by atoms with Crippen molar-refractivity contribution in [1.82, 2.24) is 0 Å². The summed E-state index contributed by atoms with van der Waals surface area (Å²) < 4.78 is 22.5. The van der Waals surface area contributed by atoms with E-state index in [4.69, 9.17) is 18.9 Å². The zero-order valence-electron chi connectivity index (χ0n) is 23.3. The van der Waals surface area contributed by atoms with Crippen LogP contribution in [-0.2, 0) is 42.9 Å². The molecule has 0 aliphatic heterocycles. The minimum absolute atomic E-state index is 0.0147. The molecule has 210 valence electrons. The van der Waals surface area contributed by atoms with E-state index in [9.17, 15) is 29.1 Å². The van der Waals surface area contributed by atoms with Crippen LogP contribution >= 0.6 is 0 Å². The summed E-state index contributed by atoms with van der Waals surface area (Å²) >= 11 is 0. The third kappa shape index (κ3) is 5.55. The van der Waals surface area contributed by atoms with E-state index in [0.717, 1.165) is 0 Å². The number of ether oxygens (including phenoxy) is 4. The lowest BCUT2D eigenvalue weighted by atomic mass is 9.57. The van der Waals surface area contributed by atoms with E-state index < -0.39 is 76.9 Å². The van der Waals surface area contributed by atoms with Crippen molar-refractivity contribution < 1.29 is 48.0 Å². The molecule has 1 N–H and O–H groups in total. The lowest BCUT2D eigenvalue weighted by Gasteiger charge is -2.51. The van der Waals surface area contributed by atoms with E-state index in [1.54, 1.807) is 19.9 Å². The van der Waals surface area contributed by atoms with Gasteiger partial charge in [-0.25, -0.2) is 0 Å². The summed E-state index contributed by atoms with van der Waals surface area (Å²) in [5.41, 5.74) is -0.883. The van der Waals surface area contributed by atoms with Gasteiger partial charge < -0.3 is 24.1 Å². The van der Waals surface area contributed by atoms with Crippen molar-refractivity contribution in [2.24, 2.45) is 16.7 Å². The van der Waals surface area contributed by atoms with E-state index in [-0.39, 0.29) is 24.8 Å². The molecule has 1 fully saturated rings. The number of rotatable bonds is 4. The second-order valence-corrected chi connectivity index (χ2v) is 11.4. The number of carbonyl (C=O) groups is 5. The summed E-state index contributed by atoms with van der Waals surface area (Å²) in [4.78, 5) is 62.4. The van der Waals surface area contributed by atoms with Crippen LogP contribution in [0.2, 0.25) is 0 Å². The molecule has 7 unspecified atom stereocenters. The van der Waals surface area contributed by atoms with Crippen LogP contribution in [0.15, 0.2) is 22.8 Å². The van der Waals surface area contributed by atoms with E-state index in [0.29, 0.717) is 11.1 Å². The number of ketones is 1. The van der Waals surface area contributed by atoms with E-state index in [1.807, 2.05) is 13.8 Å². The van der Waals surface area contributed by atoms with Crippen molar-refractivity contribution in [3.8, 4) is 0 Å². The molecule has 0 saturated heterocycles. The highest BCUT2D eigenvalue weighted by molar-refractivity contribution is 6.01. The number of fused-ring (bicyclic) bond motifs is 4. The van der Waals surface area contributed by atoms with E-state index in [2.05, 4.69) is 0 Å². The molecular formula is C28H38O10. The summed E-state index contributed by atoms with van der Waals surface area (Å²) in [7, 11) is 0. The molecule has 38 heavy (non-hydrogen) atoms. The third-order valence-electron chi connectivity index (χ3n) is 8.20. The van der Waals surface area contributed by atoms with Crippen LogP contribution in [-0.4, -0.2) is 65.3 Å². The van der Waals surface area contributed by atoms with Crippen molar-refractivity contribution in [3.05, 3.63) is 22.8 Å². The molecular weight excluding hydrogens is 496 g/mol. The zero-order valence-corrected chi connectivity index (χ0v) is 23.3. The van der Waals surface area contributed by atoms with Gasteiger partial charge in [-0.15, -0.1) is 0 Å². The number of Topliss-reactive ketones (excluding diaryl/α,β-unsaturated/α-hetero) is 1. The summed E-state index contributed by atoms with van der Waals surface area (Å²) in [5.74, 6) is -3.36. The number of carbonyl (C=O) groups excluding carboxylic acids is 5. The van der Waals surface area contributed by atoms with Crippen LogP contribution in [0.3, 0.4) is 0 Å².